The molecule has 5 nitrogen and oxygen atoms in total. The normalized spacial score (nSPS) is 20.3. The van der Waals surface area contributed by atoms with Gasteiger partial charge in [0, 0.05) is 25.8 Å². The van der Waals surface area contributed by atoms with Crippen LogP contribution in [0.15, 0.2) is 29.2 Å². The summed E-state index contributed by atoms with van der Waals surface area (Å²) >= 11 is 4.96. The van der Waals surface area contributed by atoms with Crippen molar-refractivity contribution in [1.29, 1.82) is 0 Å². The van der Waals surface area contributed by atoms with Crippen molar-refractivity contribution in [2.45, 2.75) is 17.7 Å². The highest BCUT2D eigenvalue weighted by atomic mass is 32.2. The Hall–Kier alpha value is -1.02. The SMILES string of the molecule is COCC1CCCN(S(=O)(=O)c2ccccc2C(N)=S)C1. The smallest absolute Gasteiger partial charge is 0.243 e. The Labute approximate surface area is 131 Å². The number of rotatable bonds is 5. The van der Waals surface area contributed by atoms with Crippen LogP contribution in [0.2, 0.25) is 0 Å². The van der Waals surface area contributed by atoms with Crippen LogP contribution in [0.1, 0.15) is 18.4 Å². The van der Waals surface area contributed by atoms with E-state index >= 15 is 0 Å². The number of hydrogen-bond acceptors (Lipinski definition) is 4. The molecule has 2 N–H and O–H groups in total. The molecule has 1 fully saturated rings. The summed E-state index contributed by atoms with van der Waals surface area (Å²) in [5.41, 5.74) is 6.05. The standard InChI is InChI=1S/C14H20N2O3S2/c1-19-10-11-5-4-8-16(9-11)21(17,18)13-7-3-2-6-12(13)14(15)20/h2-3,6-7,11H,4-5,8-10H2,1H3,(H2,15,20). The maximum absolute atomic E-state index is 12.8. The molecule has 0 saturated carbocycles. The lowest BCUT2D eigenvalue weighted by atomic mass is 10.0. The van der Waals surface area contributed by atoms with Gasteiger partial charge in [0.1, 0.15) is 4.99 Å². The quantitative estimate of drug-likeness (QED) is 0.827. The second-order valence-corrected chi connectivity index (χ2v) is 7.53. The topological polar surface area (TPSA) is 72.6 Å². The lowest BCUT2D eigenvalue weighted by Gasteiger charge is -2.32. The van der Waals surface area contributed by atoms with E-state index in [4.69, 9.17) is 22.7 Å². The number of ether oxygens (including phenoxy) is 1. The van der Waals surface area contributed by atoms with Gasteiger partial charge in [0.25, 0.3) is 0 Å². The first-order valence-corrected chi connectivity index (χ1v) is 8.69. The lowest BCUT2D eigenvalue weighted by Crippen LogP contribution is -2.41. The van der Waals surface area contributed by atoms with Gasteiger partial charge >= 0.3 is 0 Å². The minimum Gasteiger partial charge on any atom is -0.389 e. The molecule has 1 unspecified atom stereocenters. The van der Waals surface area contributed by atoms with E-state index in [1.54, 1.807) is 31.4 Å². The molecule has 0 bridgehead atoms. The average molecular weight is 328 g/mol. The van der Waals surface area contributed by atoms with Crippen LogP contribution < -0.4 is 5.73 Å². The molecule has 0 amide bonds. The van der Waals surface area contributed by atoms with Crippen molar-refractivity contribution in [3.63, 3.8) is 0 Å². The molecule has 0 aliphatic carbocycles. The van der Waals surface area contributed by atoms with Crippen LogP contribution in [0.3, 0.4) is 0 Å². The molecule has 1 aromatic carbocycles. The molecule has 0 radical (unpaired) electrons. The molecule has 0 aromatic heterocycles. The minimum atomic E-state index is -3.58. The third-order valence-corrected chi connectivity index (χ3v) is 5.80. The largest absolute Gasteiger partial charge is 0.389 e. The van der Waals surface area contributed by atoms with E-state index in [1.165, 1.54) is 4.31 Å². The van der Waals surface area contributed by atoms with E-state index < -0.39 is 10.0 Å². The third kappa shape index (κ3) is 3.60. The molecule has 0 spiro atoms. The van der Waals surface area contributed by atoms with Crippen LogP contribution in [-0.2, 0) is 14.8 Å². The van der Waals surface area contributed by atoms with Gasteiger partial charge in [-0.15, -0.1) is 0 Å². The molecule has 2 rings (SSSR count). The number of nitrogens with zero attached hydrogens (tertiary/aromatic N) is 1. The second kappa shape index (κ2) is 6.83. The molecule has 1 heterocycles. The van der Waals surface area contributed by atoms with Gasteiger partial charge in [-0.05, 0) is 24.8 Å². The van der Waals surface area contributed by atoms with E-state index in [0.29, 0.717) is 25.3 Å². The molecule has 21 heavy (non-hydrogen) atoms. The highest BCUT2D eigenvalue weighted by molar-refractivity contribution is 7.89. The van der Waals surface area contributed by atoms with Gasteiger partial charge in [0.05, 0.1) is 11.5 Å². The first kappa shape index (κ1) is 16.4. The van der Waals surface area contributed by atoms with Crippen molar-refractivity contribution < 1.29 is 13.2 Å². The number of benzene rings is 1. The van der Waals surface area contributed by atoms with Crippen molar-refractivity contribution in [3.8, 4) is 0 Å². The van der Waals surface area contributed by atoms with Crippen molar-refractivity contribution >= 4 is 27.2 Å². The van der Waals surface area contributed by atoms with Gasteiger partial charge in [-0.2, -0.15) is 4.31 Å². The van der Waals surface area contributed by atoms with Gasteiger partial charge < -0.3 is 10.5 Å². The minimum absolute atomic E-state index is 0.0969. The summed E-state index contributed by atoms with van der Waals surface area (Å²) in [5.74, 6) is 0.232. The summed E-state index contributed by atoms with van der Waals surface area (Å²) < 4.78 is 32.3. The Bertz CT molecular complexity index is 614. The lowest BCUT2D eigenvalue weighted by molar-refractivity contribution is 0.118. The molecule has 116 valence electrons. The Morgan fingerprint density at radius 2 is 2.19 bits per heavy atom. The zero-order chi connectivity index (χ0) is 15.5. The Morgan fingerprint density at radius 3 is 2.86 bits per heavy atom. The van der Waals surface area contributed by atoms with Crippen LogP contribution >= 0.6 is 12.2 Å². The molecule has 1 aliphatic rings. The summed E-state index contributed by atoms with van der Waals surface area (Å²) in [6.45, 7) is 1.57. The third-order valence-electron chi connectivity index (χ3n) is 3.65. The predicted molar refractivity (Wildman–Crippen MR) is 85.7 cm³/mol. The van der Waals surface area contributed by atoms with Crippen LogP contribution in [0, 0.1) is 5.92 Å². The van der Waals surface area contributed by atoms with Gasteiger partial charge in [-0.1, -0.05) is 30.4 Å². The molecular weight excluding hydrogens is 308 g/mol. The Kier molecular flexibility index (Phi) is 5.32. The fraction of sp³-hybridized carbons (Fsp3) is 0.500. The van der Waals surface area contributed by atoms with Crippen molar-refractivity contribution in [2.24, 2.45) is 11.7 Å². The van der Waals surface area contributed by atoms with Crippen LogP contribution in [-0.4, -0.2) is 44.5 Å². The summed E-state index contributed by atoms with van der Waals surface area (Å²) in [4.78, 5) is 0.287. The van der Waals surface area contributed by atoms with Gasteiger partial charge in [-0.3, -0.25) is 0 Å². The van der Waals surface area contributed by atoms with Crippen molar-refractivity contribution in [3.05, 3.63) is 29.8 Å². The number of thiocarbonyl (C=S) groups is 1. The number of sulfonamides is 1. The second-order valence-electron chi connectivity index (χ2n) is 5.19. The first-order chi connectivity index (χ1) is 9.96. The Morgan fingerprint density at radius 1 is 1.48 bits per heavy atom. The highest BCUT2D eigenvalue weighted by Gasteiger charge is 2.31. The van der Waals surface area contributed by atoms with E-state index in [1.807, 2.05) is 0 Å². The number of methoxy groups -OCH3 is 1. The van der Waals surface area contributed by atoms with E-state index in [9.17, 15) is 8.42 Å². The zero-order valence-corrected chi connectivity index (χ0v) is 13.6. The molecule has 1 atom stereocenters. The molecule has 7 heteroatoms. The van der Waals surface area contributed by atoms with Gasteiger partial charge in [0.15, 0.2) is 0 Å². The average Bonchev–Trinajstić information content (AvgIpc) is 2.48. The van der Waals surface area contributed by atoms with Gasteiger partial charge in [0.2, 0.25) is 10.0 Å². The molecular formula is C14H20N2O3S2. The fourth-order valence-electron chi connectivity index (χ4n) is 2.65. The van der Waals surface area contributed by atoms with Crippen LogP contribution in [0.5, 0.6) is 0 Å². The van der Waals surface area contributed by atoms with E-state index in [-0.39, 0.29) is 15.8 Å². The number of hydrogen-bond donors (Lipinski definition) is 1. The maximum Gasteiger partial charge on any atom is 0.243 e. The highest BCUT2D eigenvalue weighted by Crippen LogP contribution is 2.26. The monoisotopic (exact) mass is 328 g/mol. The summed E-state index contributed by atoms with van der Waals surface area (Å²) in [5, 5.41) is 0. The number of piperidine rings is 1. The maximum atomic E-state index is 12.8. The summed E-state index contributed by atoms with van der Waals surface area (Å²) in [6.07, 6.45) is 1.82. The molecule has 1 aromatic rings. The van der Waals surface area contributed by atoms with Crippen LogP contribution in [0.4, 0.5) is 0 Å². The van der Waals surface area contributed by atoms with Crippen LogP contribution in [0.25, 0.3) is 0 Å². The van der Waals surface area contributed by atoms with E-state index in [0.717, 1.165) is 12.8 Å². The van der Waals surface area contributed by atoms with Crippen molar-refractivity contribution in [2.75, 3.05) is 26.8 Å². The number of nitrogens with two attached hydrogens (primary N) is 1. The Balaban J connectivity index is 2.32. The molecule has 1 saturated heterocycles. The fourth-order valence-corrected chi connectivity index (χ4v) is 4.65. The van der Waals surface area contributed by atoms with Crippen molar-refractivity contribution in [1.82, 2.24) is 4.31 Å². The van der Waals surface area contributed by atoms with E-state index in [2.05, 4.69) is 0 Å². The van der Waals surface area contributed by atoms with Gasteiger partial charge in [-0.25, -0.2) is 8.42 Å². The first-order valence-electron chi connectivity index (χ1n) is 6.84. The molecule has 1 aliphatic heterocycles. The predicted octanol–water partition coefficient (Wildman–Crippen LogP) is 1.37. The summed E-state index contributed by atoms with van der Waals surface area (Å²) in [7, 11) is -1.94. The summed E-state index contributed by atoms with van der Waals surface area (Å²) in [6, 6.07) is 6.62. The zero-order valence-electron chi connectivity index (χ0n) is 12.0.